The Labute approximate surface area is 145 Å². The number of para-hydroxylation sites is 1. The molecule has 0 saturated carbocycles. The molecule has 4 nitrogen and oxygen atoms in total. The highest BCUT2D eigenvalue weighted by atomic mass is 16.5. The van der Waals surface area contributed by atoms with Crippen LogP contribution in [0.25, 0.3) is 0 Å². The molecule has 24 heavy (non-hydrogen) atoms. The second-order valence-corrected chi connectivity index (χ2v) is 5.61. The summed E-state index contributed by atoms with van der Waals surface area (Å²) in [5.74, 6) is 1.77. The van der Waals surface area contributed by atoms with Gasteiger partial charge in [0.05, 0.1) is 13.7 Å². The van der Waals surface area contributed by atoms with Crippen LogP contribution in [0.1, 0.15) is 23.6 Å². The zero-order valence-electron chi connectivity index (χ0n) is 14.8. The second kappa shape index (κ2) is 9.60. The van der Waals surface area contributed by atoms with E-state index in [1.54, 1.807) is 7.11 Å². The topological polar surface area (TPSA) is 45.7 Å². The van der Waals surface area contributed by atoms with Crippen LogP contribution in [0.15, 0.2) is 53.5 Å². The number of ether oxygens (including phenoxy) is 1. The molecule has 0 radical (unpaired) electrons. The Morgan fingerprint density at radius 2 is 1.71 bits per heavy atom. The van der Waals surface area contributed by atoms with Crippen LogP contribution in [0.3, 0.4) is 0 Å². The third-order valence-electron chi connectivity index (χ3n) is 3.89. The quantitative estimate of drug-likeness (QED) is 0.606. The molecule has 0 aliphatic rings. The highest BCUT2D eigenvalue weighted by molar-refractivity contribution is 5.79. The van der Waals surface area contributed by atoms with Gasteiger partial charge in [0.2, 0.25) is 0 Å². The van der Waals surface area contributed by atoms with E-state index >= 15 is 0 Å². The highest BCUT2D eigenvalue weighted by Gasteiger charge is 2.03. The summed E-state index contributed by atoms with van der Waals surface area (Å²) in [7, 11) is 1.71. The summed E-state index contributed by atoms with van der Waals surface area (Å²) in [6.07, 6.45) is 0.888. The summed E-state index contributed by atoms with van der Waals surface area (Å²) in [6.45, 7) is 6.52. The Morgan fingerprint density at radius 3 is 2.42 bits per heavy atom. The molecule has 2 aromatic carbocycles. The van der Waals surface area contributed by atoms with E-state index in [2.05, 4.69) is 59.8 Å². The maximum atomic E-state index is 5.40. The molecular formula is C20H27N3O. The van der Waals surface area contributed by atoms with Crippen LogP contribution in [0.4, 0.5) is 0 Å². The Kier molecular flexibility index (Phi) is 7.15. The molecule has 0 saturated heterocycles. The molecule has 0 aliphatic heterocycles. The van der Waals surface area contributed by atoms with Gasteiger partial charge in [-0.1, -0.05) is 42.5 Å². The van der Waals surface area contributed by atoms with Crippen molar-refractivity contribution < 1.29 is 4.74 Å². The average Bonchev–Trinajstić information content (AvgIpc) is 2.61. The van der Waals surface area contributed by atoms with Gasteiger partial charge in [-0.25, -0.2) is 4.99 Å². The molecule has 0 fully saturated rings. The predicted molar refractivity (Wildman–Crippen MR) is 101 cm³/mol. The van der Waals surface area contributed by atoms with Crippen molar-refractivity contribution in [2.24, 2.45) is 4.99 Å². The van der Waals surface area contributed by atoms with Gasteiger partial charge in [0.1, 0.15) is 5.75 Å². The second-order valence-electron chi connectivity index (χ2n) is 5.61. The maximum absolute atomic E-state index is 5.40. The molecular weight excluding hydrogens is 298 g/mol. The van der Waals surface area contributed by atoms with E-state index in [4.69, 9.17) is 4.74 Å². The van der Waals surface area contributed by atoms with Gasteiger partial charge in [-0.3, -0.25) is 0 Å². The van der Waals surface area contributed by atoms with Gasteiger partial charge in [0, 0.05) is 13.1 Å². The molecule has 2 aromatic rings. The van der Waals surface area contributed by atoms with Gasteiger partial charge in [0.25, 0.3) is 0 Å². The van der Waals surface area contributed by atoms with Gasteiger partial charge in [0.15, 0.2) is 5.96 Å². The number of rotatable bonds is 7. The lowest BCUT2D eigenvalue weighted by molar-refractivity contribution is 0.409. The Bertz CT molecular complexity index is 667. The first-order valence-electron chi connectivity index (χ1n) is 8.43. The molecule has 0 spiro atoms. The van der Waals surface area contributed by atoms with Crippen molar-refractivity contribution in [3.05, 3.63) is 65.2 Å². The highest BCUT2D eigenvalue weighted by Crippen LogP contribution is 2.17. The summed E-state index contributed by atoms with van der Waals surface area (Å²) >= 11 is 0. The summed E-state index contributed by atoms with van der Waals surface area (Å²) in [5, 5.41) is 6.69. The molecule has 0 unspecified atom stereocenters. The van der Waals surface area contributed by atoms with Crippen LogP contribution in [0, 0.1) is 6.92 Å². The fraction of sp³-hybridized carbons (Fsp3) is 0.350. The smallest absolute Gasteiger partial charge is 0.191 e. The standard InChI is InChI=1S/C20H27N3O/c1-4-21-20(23-15-18-11-6-5-9-16(18)2)22-14-13-17-10-7-8-12-19(17)24-3/h5-12H,4,13-15H2,1-3H3,(H2,21,22,23). The average molecular weight is 325 g/mol. The van der Waals surface area contributed by atoms with E-state index in [9.17, 15) is 0 Å². The molecule has 0 atom stereocenters. The monoisotopic (exact) mass is 325 g/mol. The first kappa shape index (κ1) is 17.9. The van der Waals surface area contributed by atoms with E-state index in [0.717, 1.165) is 31.2 Å². The summed E-state index contributed by atoms with van der Waals surface area (Å²) in [4.78, 5) is 4.68. The zero-order chi connectivity index (χ0) is 17.2. The van der Waals surface area contributed by atoms with Crippen LogP contribution >= 0.6 is 0 Å². The molecule has 0 heterocycles. The number of hydrogen-bond acceptors (Lipinski definition) is 2. The van der Waals surface area contributed by atoms with Crippen molar-refractivity contribution in [2.75, 3.05) is 20.2 Å². The van der Waals surface area contributed by atoms with Crippen molar-refractivity contribution in [1.82, 2.24) is 10.6 Å². The molecule has 4 heteroatoms. The minimum absolute atomic E-state index is 0.677. The number of guanidine groups is 1. The molecule has 0 amide bonds. The lowest BCUT2D eigenvalue weighted by Gasteiger charge is -2.13. The summed E-state index contributed by atoms with van der Waals surface area (Å²) < 4.78 is 5.40. The van der Waals surface area contributed by atoms with E-state index < -0.39 is 0 Å². The number of aliphatic imine (C=N–C) groups is 1. The Morgan fingerprint density at radius 1 is 1.00 bits per heavy atom. The van der Waals surface area contributed by atoms with Crippen molar-refractivity contribution >= 4 is 5.96 Å². The van der Waals surface area contributed by atoms with Crippen LogP contribution in [-0.4, -0.2) is 26.2 Å². The summed E-state index contributed by atoms with van der Waals surface area (Å²) in [5.41, 5.74) is 3.72. The maximum Gasteiger partial charge on any atom is 0.191 e. The molecule has 0 aromatic heterocycles. The molecule has 0 bridgehead atoms. The fourth-order valence-corrected chi connectivity index (χ4v) is 2.52. The van der Waals surface area contributed by atoms with Gasteiger partial charge in [-0.15, -0.1) is 0 Å². The van der Waals surface area contributed by atoms with Gasteiger partial charge in [-0.05, 0) is 43.0 Å². The largest absolute Gasteiger partial charge is 0.496 e. The van der Waals surface area contributed by atoms with Gasteiger partial charge in [-0.2, -0.15) is 0 Å². The van der Waals surface area contributed by atoms with Gasteiger partial charge < -0.3 is 15.4 Å². The first-order chi connectivity index (χ1) is 11.7. The minimum atomic E-state index is 0.677. The lowest BCUT2D eigenvalue weighted by atomic mass is 10.1. The third kappa shape index (κ3) is 5.30. The summed E-state index contributed by atoms with van der Waals surface area (Å²) in [6, 6.07) is 16.5. The molecule has 0 aliphatic carbocycles. The fourth-order valence-electron chi connectivity index (χ4n) is 2.52. The Hall–Kier alpha value is -2.49. The van der Waals surface area contributed by atoms with Crippen LogP contribution in [-0.2, 0) is 13.0 Å². The van der Waals surface area contributed by atoms with Crippen molar-refractivity contribution in [2.45, 2.75) is 26.8 Å². The molecule has 128 valence electrons. The number of methoxy groups -OCH3 is 1. The van der Waals surface area contributed by atoms with E-state index in [-0.39, 0.29) is 0 Å². The number of nitrogens with zero attached hydrogens (tertiary/aromatic N) is 1. The van der Waals surface area contributed by atoms with Crippen LogP contribution in [0.2, 0.25) is 0 Å². The lowest BCUT2D eigenvalue weighted by Crippen LogP contribution is -2.38. The Balaban J connectivity index is 1.93. The van der Waals surface area contributed by atoms with Crippen molar-refractivity contribution in [1.29, 1.82) is 0 Å². The number of hydrogen-bond donors (Lipinski definition) is 2. The first-order valence-corrected chi connectivity index (χ1v) is 8.43. The zero-order valence-corrected chi connectivity index (χ0v) is 14.8. The van der Waals surface area contributed by atoms with E-state index in [1.165, 1.54) is 16.7 Å². The normalized spacial score (nSPS) is 11.2. The van der Waals surface area contributed by atoms with Crippen molar-refractivity contribution in [3.8, 4) is 5.75 Å². The van der Waals surface area contributed by atoms with E-state index in [0.29, 0.717) is 6.54 Å². The molecule has 2 N–H and O–H groups in total. The van der Waals surface area contributed by atoms with Crippen molar-refractivity contribution in [3.63, 3.8) is 0 Å². The van der Waals surface area contributed by atoms with Crippen LogP contribution < -0.4 is 15.4 Å². The SMILES string of the molecule is CCNC(=NCc1ccccc1C)NCCc1ccccc1OC. The van der Waals surface area contributed by atoms with Crippen LogP contribution in [0.5, 0.6) is 5.75 Å². The third-order valence-corrected chi connectivity index (χ3v) is 3.89. The number of nitrogens with one attached hydrogen (secondary N) is 2. The van der Waals surface area contributed by atoms with Gasteiger partial charge >= 0.3 is 0 Å². The van der Waals surface area contributed by atoms with E-state index in [1.807, 2.05) is 18.2 Å². The number of benzene rings is 2. The molecule has 2 rings (SSSR count). The number of aryl methyl sites for hydroxylation is 1. The predicted octanol–water partition coefficient (Wildman–Crippen LogP) is 3.30. The minimum Gasteiger partial charge on any atom is -0.496 e.